The Kier molecular flexibility index (Phi) is 11.5. The van der Waals surface area contributed by atoms with Crippen molar-refractivity contribution in [1.82, 2.24) is 0 Å². The van der Waals surface area contributed by atoms with Gasteiger partial charge in [-0.05, 0) is 37.0 Å². The lowest BCUT2D eigenvalue weighted by Gasteiger charge is -2.17. The molecule has 0 aliphatic rings. The fraction of sp³-hybridized carbons (Fsp3) is 0.520. The van der Waals surface area contributed by atoms with Crippen LogP contribution in [0.3, 0.4) is 0 Å². The predicted molar refractivity (Wildman–Crippen MR) is 127 cm³/mol. The van der Waals surface area contributed by atoms with Crippen LogP contribution >= 0.6 is 0 Å². The van der Waals surface area contributed by atoms with E-state index in [4.69, 9.17) is 14.0 Å². The molecule has 0 bridgehead atoms. The molecule has 2 aromatic rings. The summed E-state index contributed by atoms with van der Waals surface area (Å²) in [5.74, 6) is 1.46. The van der Waals surface area contributed by atoms with Gasteiger partial charge in [0.05, 0.1) is 24.5 Å². The van der Waals surface area contributed by atoms with E-state index in [1.807, 2.05) is 36.4 Å². The Balaban J connectivity index is 1.94. The molecule has 5 nitrogen and oxygen atoms in total. The van der Waals surface area contributed by atoms with Crippen LogP contribution < -0.4 is 9.47 Å². The van der Waals surface area contributed by atoms with Crippen LogP contribution in [0.4, 0.5) is 0 Å². The van der Waals surface area contributed by atoms with Gasteiger partial charge in [0, 0.05) is 0 Å². The minimum atomic E-state index is -3.86. The van der Waals surface area contributed by atoms with Gasteiger partial charge in [-0.1, -0.05) is 81.8 Å². The van der Waals surface area contributed by atoms with Crippen LogP contribution in [0.1, 0.15) is 64.7 Å². The Bertz CT molecular complexity index is 849. The number of benzene rings is 2. The molecule has 0 saturated heterocycles. The van der Waals surface area contributed by atoms with Crippen LogP contribution in [0, 0.1) is 0 Å². The lowest BCUT2D eigenvalue weighted by Crippen LogP contribution is -2.04. The van der Waals surface area contributed by atoms with Gasteiger partial charge in [0.2, 0.25) is 0 Å². The zero-order valence-electron chi connectivity index (χ0n) is 18.6. The van der Waals surface area contributed by atoms with Crippen molar-refractivity contribution in [3.63, 3.8) is 0 Å². The van der Waals surface area contributed by atoms with Crippen molar-refractivity contribution >= 4 is 10.1 Å². The van der Waals surface area contributed by atoms with Gasteiger partial charge in [0.15, 0.2) is 0 Å². The summed E-state index contributed by atoms with van der Waals surface area (Å²) in [5.41, 5.74) is 2.04. The van der Waals surface area contributed by atoms with E-state index >= 15 is 0 Å². The molecule has 0 saturated carbocycles. The number of ether oxygens (including phenoxy) is 2. The molecule has 0 radical (unpaired) electrons. The maximum atomic E-state index is 10.8. The molecule has 31 heavy (non-hydrogen) atoms. The van der Waals surface area contributed by atoms with E-state index < -0.39 is 10.1 Å². The zero-order valence-corrected chi connectivity index (χ0v) is 19.4. The van der Waals surface area contributed by atoms with Crippen LogP contribution in [-0.2, 0) is 10.1 Å². The van der Waals surface area contributed by atoms with Gasteiger partial charge in [-0.15, -0.1) is 0 Å². The lowest BCUT2D eigenvalue weighted by molar-refractivity contribution is 0.292. The summed E-state index contributed by atoms with van der Waals surface area (Å²) in [5, 5.41) is 0. The monoisotopic (exact) mass is 448 g/mol. The van der Waals surface area contributed by atoms with Gasteiger partial charge in [-0.2, -0.15) is 8.42 Å². The second kappa shape index (κ2) is 14.1. The third kappa shape index (κ3) is 10.2. The summed E-state index contributed by atoms with van der Waals surface area (Å²) < 4.78 is 42.6. The Morgan fingerprint density at radius 2 is 1.26 bits per heavy atom. The van der Waals surface area contributed by atoms with Crippen LogP contribution in [0.2, 0.25) is 0 Å². The van der Waals surface area contributed by atoms with Crippen molar-refractivity contribution in [3.8, 4) is 22.6 Å². The molecular weight excluding hydrogens is 412 g/mol. The number of rotatable bonds is 16. The highest BCUT2D eigenvalue weighted by atomic mass is 32.2. The normalized spacial score (nSPS) is 11.4. The molecule has 2 rings (SSSR count). The maximum absolute atomic E-state index is 10.8. The Labute approximate surface area is 187 Å². The van der Waals surface area contributed by atoms with E-state index in [0.29, 0.717) is 19.6 Å². The first-order valence-corrected chi connectivity index (χ1v) is 13.0. The number of hydrogen-bond donors (Lipinski definition) is 1. The van der Waals surface area contributed by atoms with E-state index in [1.54, 1.807) is 0 Å². The highest BCUT2D eigenvalue weighted by Gasteiger charge is 2.13. The molecule has 2 aromatic carbocycles. The van der Waals surface area contributed by atoms with E-state index in [-0.39, 0.29) is 5.75 Å². The molecule has 0 amide bonds. The first-order valence-electron chi connectivity index (χ1n) is 11.4. The van der Waals surface area contributed by atoms with E-state index in [0.717, 1.165) is 48.3 Å². The van der Waals surface area contributed by atoms with Gasteiger partial charge in [0.1, 0.15) is 11.5 Å². The Morgan fingerprint density at radius 1 is 0.710 bits per heavy atom. The Morgan fingerprint density at radius 3 is 1.81 bits per heavy atom. The van der Waals surface area contributed by atoms with E-state index in [2.05, 4.69) is 19.1 Å². The molecule has 0 atom stereocenters. The molecule has 0 aliphatic heterocycles. The van der Waals surface area contributed by atoms with Gasteiger partial charge in [-0.25, -0.2) is 0 Å². The molecule has 1 N–H and O–H groups in total. The quantitative estimate of drug-likeness (QED) is 0.233. The summed E-state index contributed by atoms with van der Waals surface area (Å²) in [6, 6.07) is 16.1. The van der Waals surface area contributed by atoms with Crippen molar-refractivity contribution in [2.75, 3.05) is 19.0 Å². The summed E-state index contributed by atoms with van der Waals surface area (Å²) >= 11 is 0. The third-order valence-corrected chi connectivity index (χ3v) is 5.91. The third-order valence-electron chi connectivity index (χ3n) is 5.11. The van der Waals surface area contributed by atoms with E-state index in [1.165, 1.54) is 25.7 Å². The smallest absolute Gasteiger partial charge is 0.264 e. The van der Waals surface area contributed by atoms with Crippen molar-refractivity contribution in [1.29, 1.82) is 0 Å². The highest BCUT2D eigenvalue weighted by Crippen LogP contribution is 2.38. The largest absolute Gasteiger partial charge is 0.493 e. The van der Waals surface area contributed by atoms with Crippen molar-refractivity contribution in [2.45, 2.75) is 64.7 Å². The summed E-state index contributed by atoms with van der Waals surface area (Å²) in [6.45, 7) is 3.46. The number of hydrogen-bond acceptors (Lipinski definition) is 4. The maximum Gasteiger partial charge on any atom is 0.264 e. The number of unbranched alkanes of at least 4 members (excludes halogenated alkanes) is 7. The van der Waals surface area contributed by atoms with Crippen LogP contribution in [0.5, 0.6) is 11.5 Å². The fourth-order valence-electron chi connectivity index (χ4n) is 3.45. The van der Waals surface area contributed by atoms with Gasteiger partial charge < -0.3 is 9.47 Å². The molecule has 0 aliphatic carbocycles. The lowest BCUT2D eigenvalue weighted by atomic mass is 10.0. The zero-order chi connectivity index (χ0) is 22.4. The first kappa shape index (κ1) is 25.2. The van der Waals surface area contributed by atoms with Crippen molar-refractivity contribution in [2.24, 2.45) is 0 Å². The molecule has 172 valence electrons. The van der Waals surface area contributed by atoms with Crippen LogP contribution in [0.15, 0.2) is 48.5 Å². The summed E-state index contributed by atoms with van der Waals surface area (Å²) in [6.07, 6.45) is 8.87. The first-order chi connectivity index (χ1) is 15.0. The second-order valence-electron chi connectivity index (χ2n) is 7.81. The average molecular weight is 449 g/mol. The standard InChI is InChI=1S/C25H36O5S/c1-2-3-4-5-11-19-29-23-17-14-18-24(25(23)22-15-9-8-10-16-22)30-20-12-6-7-13-21-31(26,27)28/h8-10,14-18H,2-7,11-13,19-21H2,1H3,(H,26,27,28). The van der Waals surface area contributed by atoms with Gasteiger partial charge in [-0.3, -0.25) is 4.55 Å². The van der Waals surface area contributed by atoms with Gasteiger partial charge in [0.25, 0.3) is 10.1 Å². The molecule has 0 unspecified atom stereocenters. The SMILES string of the molecule is CCCCCCCOc1cccc(OCCCCCCS(=O)(=O)O)c1-c1ccccc1. The van der Waals surface area contributed by atoms with E-state index in [9.17, 15) is 8.42 Å². The second-order valence-corrected chi connectivity index (χ2v) is 9.38. The minimum Gasteiger partial charge on any atom is -0.493 e. The summed E-state index contributed by atoms with van der Waals surface area (Å²) in [7, 11) is -3.86. The molecule has 0 fully saturated rings. The predicted octanol–water partition coefficient (Wildman–Crippen LogP) is 6.53. The molecular formula is C25H36O5S. The van der Waals surface area contributed by atoms with Crippen molar-refractivity contribution < 1.29 is 22.4 Å². The van der Waals surface area contributed by atoms with Crippen LogP contribution in [0.25, 0.3) is 11.1 Å². The topological polar surface area (TPSA) is 72.8 Å². The molecule has 0 heterocycles. The molecule has 0 aromatic heterocycles. The van der Waals surface area contributed by atoms with Gasteiger partial charge >= 0.3 is 0 Å². The highest BCUT2D eigenvalue weighted by molar-refractivity contribution is 7.85. The average Bonchev–Trinajstić information content (AvgIpc) is 2.75. The minimum absolute atomic E-state index is 0.177. The fourth-order valence-corrected chi connectivity index (χ4v) is 4.02. The Hall–Kier alpha value is -2.05. The van der Waals surface area contributed by atoms with Crippen molar-refractivity contribution in [3.05, 3.63) is 48.5 Å². The molecule has 6 heteroatoms. The van der Waals surface area contributed by atoms with Crippen LogP contribution in [-0.4, -0.2) is 31.9 Å². The molecule has 0 spiro atoms. The summed E-state index contributed by atoms with van der Waals surface area (Å²) in [4.78, 5) is 0.